The Kier molecular flexibility index (Phi) is 4.94. The number of pyridine rings is 1. The van der Waals surface area contributed by atoms with E-state index in [9.17, 15) is 9.59 Å². The predicted octanol–water partition coefficient (Wildman–Crippen LogP) is 4.74. The van der Waals surface area contributed by atoms with Gasteiger partial charge in [0.1, 0.15) is 12.1 Å². The van der Waals surface area contributed by atoms with E-state index in [0.29, 0.717) is 22.1 Å². The molecule has 2 amide bonds. The Balaban J connectivity index is 1.67. The molecule has 0 aliphatic carbocycles. The minimum absolute atomic E-state index is 0.193. The molecule has 2 heterocycles. The first-order valence-corrected chi connectivity index (χ1v) is 9.41. The van der Waals surface area contributed by atoms with Crippen molar-refractivity contribution in [3.05, 3.63) is 76.4 Å². The number of hydrogen-bond donors (Lipinski definition) is 1. The highest BCUT2D eigenvalue weighted by Gasteiger charge is 2.30. The summed E-state index contributed by atoms with van der Waals surface area (Å²) in [4.78, 5) is 31.4. The van der Waals surface area contributed by atoms with Crippen LogP contribution in [0.1, 0.15) is 21.5 Å². The maximum absolute atomic E-state index is 13.2. The molecule has 1 aromatic heterocycles. The van der Waals surface area contributed by atoms with E-state index in [1.807, 2.05) is 32.0 Å². The number of ether oxygens (including phenoxy) is 1. The van der Waals surface area contributed by atoms with E-state index in [0.717, 1.165) is 11.1 Å². The van der Waals surface area contributed by atoms with Crippen LogP contribution in [0.15, 0.2) is 54.7 Å². The Morgan fingerprint density at radius 3 is 2.76 bits per heavy atom. The summed E-state index contributed by atoms with van der Waals surface area (Å²) in [5.41, 5.74) is 3.56. The Labute approximate surface area is 173 Å². The summed E-state index contributed by atoms with van der Waals surface area (Å²) >= 11 is 6.14. The number of nitrogens with zero attached hydrogens (tertiary/aromatic N) is 2. The molecule has 0 atom stereocenters. The molecule has 7 heteroatoms. The summed E-state index contributed by atoms with van der Waals surface area (Å²) in [6, 6.07) is 13.8. The van der Waals surface area contributed by atoms with Crippen LogP contribution in [0.3, 0.4) is 0 Å². The average molecular weight is 408 g/mol. The van der Waals surface area contributed by atoms with Gasteiger partial charge in [-0.25, -0.2) is 4.98 Å². The number of amides is 2. The van der Waals surface area contributed by atoms with E-state index in [2.05, 4.69) is 10.3 Å². The molecule has 1 N–H and O–H groups in total. The molecule has 4 rings (SSSR count). The van der Waals surface area contributed by atoms with Gasteiger partial charge in [0.2, 0.25) is 11.8 Å². The second-order valence-electron chi connectivity index (χ2n) is 6.81. The third-order valence-electron chi connectivity index (χ3n) is 4.76. The van der Waals surface area contributed by atoms with Crippen molar-refractivity contribution in [2.45, 2.75) is 13.8 Å². The molecule has 0 saturated heterocycles. The van der Waals surface area contributed by atoms with Crippen molar-refractivity contribution in [2.24, 2.45) is 0 Å². The summed E-state index contributed by atoms with van der Waals surface area (Å²) in [5.74, 6) is -0.124. The summed E-state index contributed by atoms with van der Waals surface area (Å²) in [7, 11) is 0. The lowest BCUT2D eigenvalue weighted by molar-refractivity contribution is -0.114. The number of carbonyl (C=O) groups excluding carboxylic acids is 2. The standard InChI is InChI=1S/C22H18ClN3O3/c1-13-5-7-16(10-14(13)2)25-20(27)12-26-18-11-15(23)6-8-19(18)29-21-17(22(26)28)4-3-9-24-21/h3-11H,12H2,1-2H3,(H,25,27). The monoisotopic (exact) mass is 407 g/mol. The smallest absolute Gasteiger partial charge is 0.264 e. The number of fused-ring (bicyclic) bond motifs is 2. The maximum atomic E-state index is 13.2. The molecule has 6 nitrogen and oxygen atoms in total. The number of hydrogen-bond acceptors (Lipinski definition) is 4. The third kappa shape index (κ3) is 3.79. The van der Waals surface area contributed by atoms with Gasteiger partial charge in [-0.05, 0) is 67.4 Å². The van der Waals surface area contributed by atoms with Gasteiger partial charge in [0.05, 0.1) is 5.69 Å². The van der Waals surface area contributed by atoms with Gasteiger partial charge in [0, 0.05) is 16.9 Å². The predicted molar refractivity (Wildman–Crippen MR) is 112 cm³/mol. The molecule has 0 spiro atoms. The zero-order valence-electron chi connectivity index (χ0n) is 15.9. The van der Waals surface area contributed by atoms with Gasteiger partial charge in [-0.1, -0.05) is 17.7 Å². The third-order valence-corrected chi connectivity index (χ3v) is 4.99. The van der Waals surface area contributed by atoms with Crippen LogP contribution in [-0.4, -0.2) is 23.3 Å². The fraction of sp³-hybridized carbons (Fsp3) is 0.136. The number of aryl methyl sites for hydroxylation is 2. The van der Waals surface area contributed by atoms with Crippen molar-refractivity contribution < 1.29 is 14.3 Å². The maximum Gasteiger partial charge on any atom is 0.264 e. The van der Waals surface area contributed by atoms with Gasteiger partial charge in [0.25, 0.3) is 5.91 Å². The van der Waals surface area contributed by atoms with Crippen LogP contribution in [0.2, 0.25) is 5.02 Å². The highest BCUT2D eigenvalue weighted by Crippen LogP contribution is 2.39. The lowest BCUT2D eigenvalue weighted by Crippen LogP contribution is -2.37. The molecule has 1 aliphatic rings. The Morgan fingerprint density at radius 1 is 1.14 bits per heavy atom. The average Bonchev–Trinajstić information content (AvgIpc) is 2.80. The van der Waals surface area contributed by atoms with Crippen molar-refractivity contribution in [3.8, 4) is 11.6 Å². The fourth-order valence-corrected chi connectivity index (χ4v) is 3.27. The van der Waals surface area contributed by atoms with Crippen LogP contribution in [-0.2, 0) is 4.79 Å². The molecular weight excluding hydrogens is 390 g/mol. The highest BCUT2D eigenvalue weighted by atomic mass is 35.5. The van der Waals surface area contributed by atoms with Gasteiger partial charge in [-0.2, -0.15) is 0 Å². The van der Waals surface area contributed by atoms with Crippen molar-refractivity contribution >= 4 is 34.8 Å². The lowest BCUT2D eigenvalue weighted by atomic mass is 10.1. The SMILES string of the molecule is Cc1ccc(NC(=O)CN2C(=O)c3cccnc3Oc3ccc(Cl)cc32)cc1C. The molecule has 0 bridgehead atoms. The van der Waals surface area contributed by atoms with E-state index in [-0.39, 0.29) is 29.8 Å². The molecule has 0 fully saturated rings. The van der Waals surface area contributed by atoms with Crippen LogP contribution in [0.4, 0.5) is 11.4 Å². The Bertz CT molecular complexity index is 1130. The van der Waals surface area contributed by atoms with Gasteiger partial charge < -0.3 is 10.1 Å². The molecule has 2 aromatic carbocycles. The summed E-state index contributed by atoms with van der Waals surface area (Å²) in [6.07, 6.45) is 1.55. The first-order valence-electron chi connectivity index (χ1n) is 9.04. The molecule has 29 heavy (non-hydrogen) atoms. The van der Waals surface area contributed by atoms with Crippen LogP contribution in [0.5, 0.6) is 11.6 Å². The number of benzene rings is 2. The zero-order chi connectivity index (χ0) is 20.5. The van der Waals surface area contributed by atoms with Crippen LogP contribution in [0, 0.1) is 13.8 Å². The zero-order valence-corrected chi connectivity index (χ0v) is 16.7. The van der Waals surface area contributed by atoms with Gasteiger partial charge in [-0.3, -0.25) is 14.5 Å². The molecule has 146 valence electrons. The van der Waals surface area contributed by atoms with Gasteiger partial charge >= 0.3 is 0 Å². The van der Waals surface area contributed by atoms with Crippen molar-refractivity contribution in [2.75, 3.05) is 16.8 Å². The van der Waals surface area contributed by atoms with Crippen LogP contribution in [0.25, 0.3) is 0 Å². The Hall–Kier alpha value is -3.38. The number of halogens is 1. The van der Waals surface area contributed by atoms with E-state index >= 15 is 0 Å². The second kappa shape index (κ2) is 7.56. The normalized spacial score (nSPS) is 12.5. The molecule has 0 radical (unpaired) electrons. The van der Waals surface area contributed by atoms with Crippen molar-refractivity contribution in [3.63, 3.8) is 0 Å². The highest BCUT2D eigenvalue weighted by molar-refractivity contribution is 6.31. The fourth-order valence-electron chi connectivity index (χ4n) is 3.10. The largest absolute Gasteiger partial charge is 0.436 e. The molecular formula is C22H18ClN3O3. The Morgan fingerprint density at radius 2 is 1.97 bits per heavy atom. The molecule has 0 saturated carbocycles. The van der Waals surface area contributed by atoms with Gasteiger partial charge in [0.15, 0.2) is 5.75 Å². The first-order chi connectivity index (χ1) is 13.9. The molecule has 3 aromatic rings. The number of anilines is 2. The van der Waals surface area contributed by atoms with E-state index in [4.69, 9.17) is 16.3 Å². The minimum atomic E-state index is -0.385. The molecule has 1 aliphatic heterocycles. The number of aromatic nitrogens is 1. The number of nitrogens with one attached hydrogen (secondary N) is 1. The quantitative estimate of drug-likeness (QED) is 0.680. The van der Waals surface area contributed by atoms with E-state index < -0.39 is 0 Å². The van der Waals surface area contributed by atoms with Crippen LogP contribution < -0.4 is 15.0 Å². The van der Waals surface area contributed by atoms with Crippen molar-refractivity contribution in [1.82, 2.24) is 4.98 Å². The molecule has 0 unspecified atom stereocenters. The van der Waals surface area contributed by atoms with E-state index in [1.54, 1.807) is 36.5 Å². The summed E-state index contributed by atoms with van der Waals surface area (Å²) in [6.45, 7) is 3.78. The summed E-state index contributed by atoms with van der Waals surface area (Å²) < 4.78 is 5.82. The topological polar surface area (TPSA) is 71.5 Å². The van der Waals surface area contributed by atoms with Crippen LogP contribution >= 0.6 is 11.6 Å². The van der Waals surface area contributed by atoms with Crippen molar-refractivity contribution in [1.29, 1.82) is 0 Å². The number of rotatable bonds is 3. The second-order valence-corrected chi connectivity index (χ2v) is 7.25. The summed E-state index contributed by atoms with van der Waals surface area (Å²) in [5, 5.41) is 3.27. The first kappa shape index (κ1) is 19.0. The van der Waals surface area contributed by atoms with E-state index in [1.165, 1.54) is 4.90 Å². The lowest BCUT2D eigenvalue weighted by Gasteiger charge is -2.21. The minimum Gasteiger partial charge on any atom is -0.436 e. The van der Waals surface area contributed by atoms with Gasteiger partial charge in [-0.15, -0.1) is 0 Å². The number of carbonyl (C=O) groups is 2.